The van der Waals surface area contributed by atoms with E-state index < -0.39 is 0 Å². The molecule has 1 aromatic heterocycles. The zero-order chi connectivity index (χ0) is 14.9. The van der Waals surface area contributed by atoms with Crippen LogP contribution in [0.1, 0.15) is 50.8 Å². The van der Waals surface area contributed by atoms with Gasteiger partial charge in [0.2, 0.25) is 0 Å². The lowest BCUT2D eigenvalue weighted by atomic mass is 10.1. The van der Waals surface area contributed by atoms with Crippen molar-refractivity contribution in [2.24, 2.45) is 0 Å². The van der Waals surface area contributed by atoms with Gasteiger partial charge in [0.1, 0.15) is 0 Å². The molecule has 1 N–H and O–H groups in total. The van der Waals surface area contributed by atoms with Crippen LogP contribution in [0.15, 0.2) is 42.5 Å². The van der Waals surface area contributed by atoms with Crippen molar-refractivity contribution in [2.45, 2.75) is 58.5 Å². The van der Waals surface area contributed by atoms with Crippen molar-refractivity contribution in [1.82, 2.24) is 5.32 Å². The van der Waals surface area contributed by atoms with E-state index in [0.717, 1.165) is 6.54 Å². The van der Waals surface area contributed by atoms with Gasteiger partial charge < -0.3 is 5.32 Å². The molecular formula is C19H27NS. The number of hydrogen-bond donors (Lipinski definition) is 1. The maximum Gasteiger partial charge on any atom is 0.0346 e. The van der Waals surface area contributed by atoms with E-state index in [4.69, 9.17) is 0 Å². The summed E-state index contributed by atoms with van der Waals surface area (Å²) >= 11 is 1.90. The molecule has 0 saturated carbocycles. The van der Waals surface area contributed by atoms with Gasteiger partial charge in [0.15, 0.2) is 0 Å². The second kappa shape index (κ2) is 9.01. The lowest BCUT2D eigenvalue weighted by Crippen LogP contribution is -2.24. The lowest BCUT2D eigenvalue weighted by Gasteiger charge is -2.12. The van der Waals surface area contributed by atoms with Crippen LogP contribution in [-0.2, 0) is 6.54 Å². The van der Waals surface area contributed by atoms with Crippen LogP contribution >= 0.6 is 11.3 Å². The third-order valence-corrected chi connectivity index (χ3v) is 4.97. The molecule has 21 heavy (non-hydrogen) atoms. The van der Waals surface area contributed by atoms with Crippen LogP contribution in [0.25, 0.3) is 10.4 Å². The Morgan fingerprint density at radius 3 is 2.57 bits per heavy atom. The normalized spacial score (nSPS) is 12.5. The molecule has 0 aliphatic rings. The zero-order valence-corrected chi connectivity index (χ0v) is 14.1. The summed E-state index contributed by atoms with van der Waals surface area (Å²) < 4.78 is 0. The van der Waals surface area contributed by atoms with Crippen LogP contribution in [0.2, 0.25) is 0 Å². The molecule has 0 amide bonds. The zero-order valence-electron chi connectivity index (χ0n) is 13.3. The van der Waals surface area contributed by atoms with Gasteiger partial charge in [-0.05, 0) is 31.0 Å². The Labute approximate surface area is 133 Å². The summed E-state index contributed by atoms with van der Waals surface area (Å²) in [5, 5.41) is 3.65. The Hall–Kier alpha value is -1.12. The fraction of sp³-hybridized carbons (Fsp3) is 0.474. The van der Waals surface area contributed by atoms with Crippen LogP contribution in [0.3, 0.4) is 0 Å². The van der Waals surface area contributed by atoms with Gasteiger partial charge in [-0.1, -0.05) is 62.9 Å². The Bertz CT molecular complexity index is 503. The molecule has 2 rings (SSSR count). The van der Waals surface area contributed by atoms with Gasteiger partial charge in [0, 0.05) is 22.3 Å². The van der Waals surface area contributed by atoms with Gasteiger partial charge in [-0.2, -0.15) is 0 Å². The van der Waals surface area contributed by atoms with Gasteiger partial charge in [-0.15, -0.1) is 11.3 Å². The standard InChI is InChI=1S/C19H27NS/c1-3-4-5-7-10-16(2)20-15-18-13-14-19(21-18)17-11-8-6-9-12-17/h6,8-9,11-14,16,20H,3-5,7,10,15H2,1-2H3. The fourth-order valence-electron chi connectivity index (χ4n) is 2.48. The highest BCUT2D eigenvalue weighted by Gasteiger charge is 2.05. The topological polar surface area (TPSA) is 12.0 Å². The number of rotatable bonds is 9. The molecule has 0 spiro atoms. The Morgan fingerprint density at radius 1 is 1.00 bits per heavy atom. The monoisotopic (exact) mass is 301 g/mol. The minimum atomic E-state index is 0.615. The summed E-state index contributed by atoms with van der Waals surface area (Å²) in [5.74, 6) is 0. The van der Waals surface area contributed by atoms with E-state index in [0.29, 0.717) is 6.04 Å². The largest absolute Gasteiger partial charge is 0.309 e. The van der Waals surface area contributed by atoms with Crippen molar-refractivity contribution in [3.05, 3.63) is 47.3 Å². The Kier molecular flexibility index (Phi) is 6.98. The van der Waals surface area contributed by atoms with E-state index in [1.165, 1.54) is 47.4 Å². The molecule has 1 unspecified atom stereocenters. The molecule has 1 nitrogen and oxygen atoms in total. The van der Waals surface area contributed by atoms with Crippen molar-refractivity contribution in [1.29, 1.82) is 0 Å². The molecule has 0 fully saturated rings. The molecule has 0 aliphatic carbocycles. The third-order valence-electron chi connectivity index (χ3n) is 3.84. The first-order chi connectivity index (χ1) is 10.3. The van der Waals surface area contributed by atoms with E-state index in [-0.39, 0.29) is 0 Å². The molecule has 1 aromatic carbocycles. The van der Waals surface area contributed by atoms with Crippen molar-refractivity contribution in [3.8, 4) is 10.4 Å². The fourth-order valence-corrected chi connectivity index (χ4v) is 3.45. The van der Waals surface area contributed by atoms with Gasteiger partial charge in [0.05, 0.1) is 0 Å². The first kappa shape index (κ1) is 16.3. The van der Waals surface area contributed by atoms with E-state index >= 15 is 0 Å². The number of hydrogen-bond acceptors (Lipinski definition) is 2. The third kappa shape index (κ3) is 5.64. The molecule has 1 atom stereocenters. The van der Waals surface area contributed by atoms with Crippen LogP contribution in [0, 0.1) is 0 Å². The maximum absolute atomic E-state index is 3.65. The quantitative estimate of drug-likeness (QED) is 0.572. The van der Waals surface area contributed by atoms with Crippen LogP contribution in [0.5, 0.6) is 0 Å². The highest BCUT2D eigenvalue weighted by molar-refractivity contribution is 7.15. The van der Waals surface area contributed by atoms with Crippen molar-refractivity contribution >= 4 is 11.3 Å². The molecular weight excluding hydrogens is 274 g/mol. The summed E-state index contributed by atoms with van der Waals surface area (Å²) in [5.41, 5.74) is 1.32. The minimum Gasteiger partial charge on any atom is -0.309 e. The average Bonchev–Trinajstić information content (AvgIpc) is 2.99. The molecule has 0 saturated heterocycles. The van der Waals surface area contributed by atoms with Gasteiger partial charge in [-0.25, -0.2) is 0 Å². The summed E-state index contributed by atoms with van der Waals surface area (Å²) in [4.78, 5) is 2.79. The van der Waals surface area contributed by atoms with Crippen LogP contribution < -0.4 is 5.32 Å². The second-order valence-electron chi connectivity index (χ2n) is 5.76. The average molecular weight is 301 g/mol. The second-order valence-corrected chi connectivity index (χ2v) is 6.93. The first-order valence-corrected chi connectivity index (χ1v) is 8.98. The first-order valence-electron chi connectivity index (χ1n) is 8.17. The van der Waals surface area contributed by atoms with E-state index in [1.54, 1.807) is 0 Å². The predicted octanol–water partition coefficient (Wildman–Crippen LogP) is 5.86. The smallest absolute Gasteiger partial charge is 0.0346 e. The molecule has 2 heteroatoms. The van der Waals surface area contributed by atoms with E-state index in [1.807, 2.05) is 11.3 Å². The SMILES string of the molecule is CCCCCCC(C)NCc1ccc(-c2ccccc2)s1. The van der Waals surface area contributed by atoms with Crippen molar-refractivity contribution in [2.75, 3.05) is 0 Å². The predicted molar refractivity (Wildman–Crippen MR) is 94.8 cm³/mol. The van der Waals surface area contributed by atoms with Crippen molar-refractivity contribution < 1.29 is 0 Å². The maximum atomic E-state index is 3.65. The molecule has 1 heterocycles. The van der Waals surface area contributed by atoms with Gasteiger partial charge in [-0.3, -0.25) is 0 Å². The highest BCUT2D eigenvalue weighted by Crippen LogP contribution is 2.27. The van der Waals surface area contributed by atoms with Crippen LogP contribution in [-0.4, -0.2) is 6.04 Å². The number of nitrogens with one attached hydrogen (secondary N) is 1. The number of thiophene rings is 1. The highest BCUT2D eigenvalue weighted by atomic mass is 32.1. The van der Waals surface area contributed by atoms with E-state index in [9.17, 15) is 0 Å². The summed E-state index contributed by atoms with van der Waals surface area (Å²) in [6.07, 6.45) is 6.70. The Morgan fingerprint density at radius 2 is 1.81 bits per heavy atom. The van der Waals surface area contributed by atoms with E-state index in [2.05, 4.69) is 61.6 Å². The molecule has 2 aromatic rings. The molecule has 0 aliphatic heterocycles. The number of unbranched alkanes of at least 4 members (excludes halogenated alkanes) is 3. The van der Waals surface area contributed by atoms with Gasteiger partial charge in [0.25, 0.3) is 0 Å². The molecule has 0 radical (unpaired) electrons. The summed E-state index contributed by atoms with van der Waals surface area (Å²) in [7, 11) is 0. The number of benzene rings is 1. The molecule has 0 bridgehead atoms. The summed E-state index contributed by atoms with van der Waals surface area (Å²) in [6.45, 7) is 5.56. The van der Waals surface area contributed by atoms with Crippen molar-refractivity contribution in [3.63, 3.8) is 0 Å². The lowest BCUT2D eigenvalue weighted by molar-refractivity contribution is 0.484. The summed E-state index contributed by atoms with van der Waals surface area (Å²) in [6, 6.07) is 15.7. The van der Waals surface area contributed by atoms with Gasteiger partial charge >= 0.3 is 0 Å². The Balaban J connectivity index is 1.75. The van der Waals surface area contributed by atoms with Crippen LogP contribution in [0.4, 0.5) is 0 Å². The molecule has 114 valence electrons. The minimum absolute atomic E-state index is 0.615.